The number of carbonyl (C=O) groups excluding carboxylic acids is 1. The lowest BCUT2D eigenvalue weighted by atomic mass is 10.2. The highest BCUT2D eigenvalue weighted by Crippen LogP contribution is 2.31. The number of nitrogen functional groups attached to an aromatic ring is 1. The quantitative estimate of drug-likeness (QED) is 0.629. The summed E-state index contributed by atoms with van der Waals surface area (Å²) in [6.07, 6.45) is -0.867. The Labute approximate surface area is 166 Å². The van der Waals surface area contributed by atoms with E-state index in [9.17, 15) is 4.79 Å². The van der Waals surface area contributed by atoms with E-state index in [1.165, 1.54) is 0 Å². The normalized spacial score (nSPS) is 14.9. The number of para-hydroxylation sites is 3. The van der Waals surface area contributed by atoms with E-state index in [4.69, 9.17) is 19.9 Å². The lowest BCUT2D eigenvalue weighted by molar-refractivity contribution is -0.156. The largest absolute Gasteiger partial charge is 0.485 e. The average Bonchev–Trinajstić information content (AvgIpc) is 2.73. The average molecular weight is 393 g/mol. The maximum Gasteiger partial charge on any atom is 0.351 e. The number of nitrogens with one attached hydrogen (secondary N) is 1. The van der Waals surface area contributed by atoms with Crippen LogP contribution in [0.2, 0.25) is 0 Å². The lowest BCUT2D eigenvalue weighted by Crippen LogP contribution is -2.37. The first kappa shape index (κ1) is 18.5. The zero-order valence-electron chi connectivity index (χ0n) is 15.7. The number of benzene rings is 2. The number of aromatic nitrogens is 3. The van der Waals surface area contributed by atoms with Gasteiger partial charge in [-0.05, 0) is 30.7 Å². The van der Waals surface area contributed by atoms with Gasteiger partial charge >= 0.3 is 5.97 Å². The number of ether oxygens (including phenoxy) is 3. The highest BCUT2D eigenvalue weighted by atomic mass is 16.6. The first-order valence-electron chi connectivity index (χ1n) is 8.97. The Bertz CT molecular complexity index is 1040. The van der Waals surface area contributed by atoms with E-state index in [0.717, 1.165) is 11.3 Å². The number of hydrogen-bond acceptors (Lipinski definition) is 9. The number of anilines is 3. The summed E-state index contributed by atoms with van der Waals surface area (Å²) in [4.78, 5) is 24.7. The zero-order valence-corrected chi connectivity index (χ0v) is 15.7. The Balaban J connectivity index is 1.40. The van der Waals surface area contributed by atoms with Crippen LogP contribution in [0.4, 0.5) is 17.6 Å². The number of fused-ring (bicyclic) bond motifs is 1. The molecule has 0 fully saturated rings. The number of aryl methyl sites for hydroxylation is 1. The van der Waals surface area contributed by atoms with Crippen LogP contribution in [-0.4, -0.2) is 33.6 Å². The minimum absolute atomic E-state index is 0.0216. The van der Waals surface area contributed by atoms with Crippen LogP contribution in [0.5, 0.6) is 11.5 Å². The van der Waals surface area contributed by atoms with Crippen molar-refractivity contribution in [2.24, 2.45) is 0 Å². The standard InChI is InChI=1S/C20H19N5O4/c1-12-6-2-3-7-13(12)22-20-24-17(23-19(21)25-20)11-28-18(26)16-10-27-14-8-4-5-9-15(14)29-16/h2-9,16H,10-11H2,1H3,(H3,21,22,23,24,25)/t16-/m1/s1. The van der Waals surface area contributed by atoms with Gasteiger partial charge in [0.15, 0.2) is 23.9 Å². The molecule has 0 unspecified atom stereocenters. The molecule has 2 heterocycles. The van der Waals surface area contributed by atoms with Gasteiger partial charge in [-0.3, -0.25) is 0 Å². The molecule has 1 atom stereocenters. The maximum absolute atomic E-state index is 12.3. The van der Waals surface area contributed by atoms with Gasteiger partial charge in [0.2, 0.25) is 18.0 Å². The Morgan fingerprint density at radius 2 is 1.90 bits per heavy atom. The molecule has 0 spiro atoms. The molecule has 29 heavy (non-hydrogen) atoms. The summed E-state index contributed by atoms with van der Waals surface area (Å²) >= 11 is 0. The van der Waals surface area contributed by atoms with Crippen LogP contribution in [0.25, 0.3) is 0 Å². The van der Waals surface area contributed by atoms with Crippen molar-refractivity contribution in [1.82, 2.24) is 15.0 Å². The minimum Gasteiger partial charge on any atom is -0.485 e. The van der Waals surface area contributed by atoms with Gasteiger partial charge in [0, 0.05) is 5.69 Å². The van der Waals surface area contributed by atoms with Crippen LogP contribution in [0.1, 0.15) is 11.4 Å². The first-order chi connectivity index (χ1) is 14.1. The van der Waals surface area contributed by atoms with Gasteiger partial charge in [-0.15, -0.1) is 0 Å². The van der Waals surface area contributed by atoms with E-state index in [0.29, 0.717) is 11.5 Å². The summed E-state index contributed by atoms with van der Waals surface area (Å²) in [6.45, 7) is 1.85. The van der Waals surface area contributed by atoms with Gasteiger partial charge in [0.05, 0.1) is 0 Å². The summed E-state index contributed by atoms with van der Waals surface area (Å²) in [5.74, 6) is 1.02. The fourth-order valence-electron chi connectivity index (χ4n) is 2.76. The highest BCUT2D eigenvalue weighted by Gasteiger charge is 2.28. The molecule has 0 radical (unpaired) electrons. The van der Waals surface area contributed by atoms with Crippen LogP contribution in [0.3, 0.4) is 0 Å². The fourth-order valence-corrected chi connectivity index (χ4v) is 2.76. The van der Waals surface area contributed by atoms with Gasteiger partial charge < -0.3 is 25.3 Å². The number of esters is 1. The third kappa shape index (κ3) is 4.34. The SMILES string of the molecule is Cc1ccccc1Nc1nc(N)nc(COC(=O)[C@H]2COc3ccccc3O2)n1. The summed E-state index contributed by atoms with van der Waals surface area (Å²) in [6, 6.07) is 14.8. The fraction of sp³-hybridized carbons (Fsp3) is 0.200. The number of nitrogens with two attached hydrogens (primary N) is 1. The Morgan fingerprint density at radius 3 is 2.72 bits per heavy atom. The van der Waals surface area contributed by atoms with Crippen molar-refractivity contribution in [2.45, 2.75) is 19.6 Å². The van der Waals surface area contributed by atoms with E-state index in [1.54, 1.807) is 18.2 Å². The summed E-state index contributed by atoms with van der Waals surface area (Å²) in [7, 11) is 0. The molecule has 1 aliphatic rings. The molecule has 0 saturated carbocycles. The lowest BCUT2D eigenvalue weighted by Gasteiger charge is -2.24. The minimum atomic E-state index is -0.867. The van der Waals surface area contributed by atoms with Crippen molar-refractivity contribution in [3.05, 3.63) is 59.9 Å². The topological polar surface area (TPSA) is 121 Å². The van der Waals surface area contributed by atoms with E-state index < -0.39 is 12.1 Å². The second kappa shape index (κ2) is 8.01. The highest BCUT2D eigenvalue weighted by molar-refractivity contribution is 5.76. The molecule has 4 rings (SSSR count). The second-order valence-electron chi connectivity index (χ2n) is 6.35. The first-order valence-corrected chi connectivity index (χ1v) is 8.97. The molecule has 1 aromatic heterocycles. The zero-order chi connectivity index (χ0) is 20.2. The van der Waals surface area contributed by atoms with Gasteiger partial charge in [0.1, 0.15) is 6.61 Å². The summed E-state index contributed by atoms with van der Waals surface area (Å²) < 4.78 is 16.4. The van der Waals surface area contributed by atoms with Crippen molar-refractivity contribution >= 4 is 23.6 Å². The molecular formula is C20H19N5O4. The van der Waals surface area contributed by atoms with Crippen molar-refractivity contribution < 1.29 is 19.0 Å². The van der Waals surface area contributed by atoms with Crippen molar-refractivity contribution in [2.75, 3.05) is 17.7 Å². The van der Waals surface area contributed by atoms with Gasteiger partial charge in [0.25, 0.3) is 0 Å². The molecule has 0 aliphatic carbocycles. The molecular weight excluding hydrogens is 374 g/mol. The Kier molecular flexibility index (Phi) is 5.10. The molecule has 0 saturated heterocycles. The van der Waals surface area contributed by atoms with Crippen molar-refractivity contribution in [3.63, 3.8) is 0 Å². The number of rotatable bonds is 5. The third-order valence-corrected chi connectivity index (χ3v) is 4.21. The van der Waals surface area contributed by atoms with Crippen molar-refractivity contribution in [3.8, 4) is 11.5 Å². The second-order valence-corrected chi connectivity index (χ2v) is 6.35. The van der Waals surface area contributed by atoms with E-state index in [2.05, 4.69) is 20.3 Å². The van der Waals surface area contributed by atoms with Crippen LogP contribution in [-0.2, 0) is 16.1 Å². The smallest absolute Gasteiger partial charge is 0.351 e. The molecule has 2 aromatic carbocycles. The molecule has 3 aromatic rings. The van der Waals surface area contributed by atoms with E-state index in [1.807, 2.05) is 37.3 Å². The van der Waals surface area contributed by atoms with E-state index >= 15 is 0 Å². The number of nitrogens with zero attached hydrogens (tertiary/aromatic N) is 3. The predicted molar refractivity (Wildman–Crippen MR) is 105 cm³/mol. The Hall–Kier alpha value is -3.88. The van der Waals surface area contributed by atoms with E-state index in [-0.39, 0.29) is 30.9 Å². The molecule has 3 N–H and O–H groups in total. The van der Waals surface area contributed by atoms with Crippen LogP contribution in [0.15, 0.2) is 48.5 Å². The van der Waals surface area contributed by atoms with Gasteiger partial charge in [-0.2, -0.15) is 15.0 Å². The van der Waals surface area contributed by atoms with Crippen LogP contribution >= 0.6 is 0 Å². The number of carbonyl (C=O) groups is 1. The van der Waals surface area contributed by atoms with Crippen LogP contribution in [0, 0.1) is 6.92 Å². The molecule has 9 nitrogen and oxygen atoms in total. The number of hydrogen-bond donors (Lipinski definition) is 2. The predicted octanol–water partition coefficient (Wildman–Crippen LogP) is 2.39. The third-order valence-electron chi connectivity index (χ3n) is 4.21. The van der Waals surface area contributed by atoms with Gasteiger partial charge in [-0.1, -0.05) is 30.3 Å². The molecule has 0 bridgehead atoms. The molecule has 9 heteroatoms. The molecule has 148 valence electrons. The molecule has 1 aliphatic heterocycles. The van der Waals surface area contributed by atoms with Crippen molar-refractivity contribution in [1.29, 1.82) is 0 Å². The van der Waals surface area contributed by atoms with Gasteiger partial charge in [-0.25, -0.2) is 4.79 Å². The summed E-state index contributed by atoms with van der Waals surface area (Å²) in [5, 5.41) is 3.09. The van der Waals surface area contributed by atoms with Crippen LogP contribution < -0.4 is 20.5 Å². The monoisotopic (exact) mass is 393 g/mol. The summed E-state index contributed by atoms with van der Waals surface area (Å²) in [5.41, 5.74) is 7.63. The Morgan fingerprint density at radius 1 is 1.14 bits per heavy atom. The maximum atomic E-state index is 12.3. The molecule has 0 amide bonds.